The van der Waals surface area contributed by atoms with E-state index >= 15 is 0 Å². The molecule has 0 saturated heterocycles. The molecule has 15 heteroatoms. The zero-order valence-corrected chi connectivity index (χ0v) is 44.8. The topological polar surface area (TPSA) is 135 Å². The van der Waals surface area contributed by atoms with E-state index in [1.165, 1.54) is 5.56 Å². The number of nitrogens with zero attached hydrogens (tertiary/aromatic N) is 4. The molecule has 0 saturated carbocycles. The predicted octanol–water partition coefficient (Wildman–Crippen LogP) is 12.1. The molecule has 358 valence electrons. The molecule has 1 aliphatic rings. The maximum atomic E-state index is 13.8. The first-order chi connectivity index (χ1) is 30.6. The molecule has 5 rings (SSSR count). The largest absolute Gasteiger partial charge is 0.444 e. The summed E-state index contributed by atoms with van der Waals surface area (Å²) in [6.45, 7) is 35.7. The van der Waals surface area contributed by atoms with Crippen molar-refractivity contribution in [2.45, 2.75) is 138 Å². The van der Waals surface area contributed by atoms with Gasteiger partial charge in [-0.1, -0.05) is 83.5 Å². The standard InChI is InChI=1S/C51H73ClN6O6Si2/c1-34-30-43(54-44-33-57(25-24-37(34)44)26-28-62-65(12,13)50(6,7)8)47(60)55-40-20-16-18-38(35(40)2)39-19-17-21-41(45(39)52)56-46(59)42-23-22-36(31-53-42)32-58(48(61)64-49(3,4)5)27-29-63-66(14,15)51(9,10)11/h16-23,30-31H,24-29,32-33H2,1-15H3,(H,55,60)(H,56,59). The first-order valence-corrected chi connectivity index (χ1v) is 29.2. The van der Waals surface area contributed by atoms with Crippen LogP contribution in [0.5, 0.6) is 0 Å². The van der Waals surface area contributed by atoms with Gasteiger partial charge in [0.25, 0.3) is 11.8 Å². The van der Waals surface area contributed by atoms with Gasteiger partial charge >= 0.3 is 6.09 Å². The van der Waals surface area contributed by atoms with Gasteiger partial charge in [0.15, 0.2) is 16.6 Å². The number of ether oxygens (including phenoxy) is 1. The van der Waals surface area contributed by atoms with Gasteiger partial charge in [0.05, 0.1) is 29.6 Å². The molecular formula is C51H73ClN6O6Si2. The number of halogens is 1. The van der Waals surface area contributed by atoms with Gasteiger partial charge in [-0.25, -0.2) is 9.78 Å². The number of hydrogen-bond acceptors (Lipinski definition) is 9. The second-order valence-corrected chi connectivity index (χ2v) is 31.5. The third-order valence-electron chi connectivity index (χ3n) is 13.2. The molecule has 0 aliphatic carbocycles. The van der Waals surface area contributed by atoms with Crippen molar-refractivity contribution in [3.63, 3.8) is 0 Å². The van der Waals surface area contributed by atoms with Gasteiger partial charge in [0.1, 0.15) is 17.0 Å². The smallest absolute Gasteiger partial charge is 0.410 e. The molecule has 0 radical (unpaired) electrons. The molecule has 4 aromatic rings. The van der Waals surface area contributed by atoms with Gasteiger partial charge in [0.2, 0.25) is 0 Å². The van der Waals surface area contributed by atoms with Crippen LogP contribution >= 0.6 is 11.6 Å². The number of pyridine rings is 2. The molecule has 0 bridgehead atoms. The number of aromatic nitrogens is 2. The van der Waals surface area contributed by atoms with Crippen LogP contribution in [0.25, 0.3) is 11.1 Å². The van der Waals surface area contributed by atoms with Crippen molar-refractivity contribution < 1.29 is 28.0 Å². The van der Waals surface area contributed by atoms with Crippen molar-refractivity contribution in [3.8, 4) is 11.1 Å². The van der Waals surface area contributed by atoms with Gasteiger partial charge in [-0.2, -0.15) is 0 Å². The number of hydrogen-bond donors (Lipinski definition) is 2. The van der Waals surface area contributed by atoms with Crippen LogP contribution in [0, 0.1) is 13.8 Å². The number of anilines is 2. The Labute approximate surface area is 400 Å². The lowest BCUT2D eigenvalue weighted by atomic mass is 9.98. The van der Waals surface area contributed by atoms with Crippen LogP contribution in [0.1, 0.15) is 111 Å². The van der Waals surface area contributed by atoms with Gasteiger partial charge in [-0.3, -0.25) is 19.5 Å². The van der Waals surface area contributed by atoms with Crippen LogP contribution < -0.4 is 10.6 Å². The molecule has 1 aliphatic heterocycles. The van der Waals surface area contributed by atoms with E-state index in [0.29, 0.717) is 54.0 Å². The summed E-state index contributed by atoms with van der Waals surface area (Å²) in [5, 5.41) is 6.55. The summed E-state index contributed by atoms with van der Waals surface area (Å²) in [6.07, 6.45) is 2.02. The average molecular weight is 958 g/mol. The normalized spacial score (nSPS) is 13.8. The Morgan fingerprint density at radius 3 is 1.98 bits per heavy atom. The lowest BCUT2D eigenvalue weighted by molar-refractivity contribution is 0.0205. The first kappa shape index (κ1) is 52.5. The number of rotatable bonds is 15. The predicted molar refractivity (Wildman–Crippen MR) is 273 cm³/mol. The fourth-order valence-corrected chi connectivity index (χ4v) is 9.43. The van der Waals surface area contributed by atoms with Crippen LogP contribution in [-0.4, -0.2) is 92.8 Å². The Bertz CT molecular complexity index is 2390. The highest BCUT2D eigenvalue weighted by Gasteiger charge is 2.38. The monoisotopic (exact) mass is 956 g/mol. The maximum Gasteiger partial charge on any atom is 0.410 e. The van der Waals surface area contributed by atoms with Gasteiger partial charge in [-0.15, -0.1) is 0 Å². The van der Waals surface area contributed by atoms with E-state index in [9.17, 15) is 14.4 Å². The SMILES string of the molecule is Cc1cc(C(=O)Nc2cccc(-c3cccc(NC(=O)c4ccc(CN(CCO[Si](C)(C)C(C)(C)C)C(=O)OC(C)(C)C)cn4)c3Cl)c2C)nc2c1CCN(CCO[Si](C)(C)C(C)(C)C)C2. The minimum absolute atomic E-state index is 0.0330. The van der Waals surface area contributed by atoms with E-state index in [1.807, 2.05) is 64.1 Å². The number of amides is 3. The molecule has 2 N–H and O–H groups in total. The Morgan fingerprint density at radius 1 is 0.788 bits per heavy atom. The summed E-state index contributed by atoms with van der Waals surface area (Å²) in [5.74, 6) is -0.737. The number of carbonyl (C=O) groups is 3. The fourth-order valence-electron chi connectivity index (χ4n) is 7.09. The van der Waals surface area contributed by atoms with Gasteiger partial charge < -0.3 is 29.1 Å². The van der Waals surface area contributed by atoms with Crippen LogP contribution in [0.3, 0.4) is 0 Å². The minimum atomic E-state index is -2.03. The molecule has 2 aromatic heterocycles. The number of fused-ring (bicyclic) bond motifs is 1. The Morgan fingerprint density at radius 2 is 1.38 bits per heavy atom. The second kappa shape index (κ2) is 20.8. The molecule has 66 heavy (non-hydrogen) atoms. The highest BCUT2D eigenvalue weighted by atomic mass is 35.5. The number of aryl methyl sites for hydroxylation is 1. The summed E-state index contributed by atoms with van der Waals surface area (Å²) in [4.78, 5) is 54.0. The zero-order valence-electron chi connectivity index (χ0n) is 42.0. The van der Waals surface area contributed by atoms with Crippen molar-refractivity contribution in [1.82, 2.24) is 19.8 Å². The van der Waals surface area contributed by atoms with Crippen LogP contribution in [0.4, 0.5) is 16.2 Å². The average Bonchev–Trinajstić information content (AvgIpc) is 3.20. The highest BCUT2D eigenvalue weighted by molar-refractivity contribution is 6.74. The highest BCUT2D eigenvalue weighted by Crippen LogP contribution is 2.39. The summed E-state index contributed by atoms with van der Waals surface area (Å²) in [6, 6.07) is 16.4. The number of benzene rings is 2. The molecule has 3 heterocycles. The van der Waals surface area contributed by atoms with Crippen molar-refractivity contribution in [1.29, 1.82) is 0 Å². The van der Waals surface area contributed by atoms with Crippen LogP contribution in [0.15, 0.2) is 60.8 Å². The summed E-state index contributed by atoms with van der Waals surface area (Å²) >= 11 is 7.02. The molecule has 2 aromatic carbocycles. The van der Waals surface area contributed by atoms with Gasteiger partial charge in [-0.05, 0) is 129 Å². The zero-order chi connectivity index (χ0) is 49.0. The van der Waals surface area contributed by atoms with E-state index in [2.05, 4.69) is 95.2 Å². The quantitative estimate of drug-likeness (QED) is 0.112. The van der Waals surface area contributed by atoms with Crippen LogP contribution in [-0.2, 0) is 33.1 Å². The summed E-state index contributed by atoms with van der Waals surface area (Å²) in [5.41, 5.74) is 7.14. The van der Waals surface area contributed by atoms with E-state index in [1.54, 1.807) is 29.3 Å². The third-order valence-corrected chi connectivity index (χ3v) is 22.7. The Kier molecular flexibility index (Phi) is 16.6. The second-order valence-electron chi connectivity index (χ2n) is 21.5. The molecule has 0 spiro atoms. The van der Waals surface area contributed by atoms with Crippen molar-refractivity contribution in [2.24, 2.45) is 0 Å². The summed E-state index contributed by atoms with van der Waals surface area (Å²) < 4.78 is 18.5. The molecule has 12 nitrogen and oxygen atoms in total. The van der Waals surface area contributed by atoms with Gasteiger partial charge in [0, 0.05) is 50.2 Å². The molecule has 0 atom stereocenters. The minimum Gasteiger partial charge on any atom is -0.444 e. The first-order valence-electron chi connectivity index (χ1n) is 23.0. The Balaban J connectivity index is 1.25. The maximum absolute atomic E-state index is 13.8. The Hall–Kier alpha value is -4.45. The third kappa shape index (κ3) is 13.4. The van der Waals surface area contributed by atoms with E-state index < -0.39 is 34.2 Å². The molecular weight excluding hydrogens is 884 g/mol. The van der Waals surface area contributed by atoms with E-state index in [0.717, 1.165) is 47.5 Å². The number of carbonyl (C=O) groups excluding carboxylic acids is 3. The van der Waals surface area contributed by atoms with Crippen molar-refractivity contribution in [3.05, 3.63) is 105 Å². The molecule has 0 fully saturated rings. The van der Waals surface area contributed by atoms with E-state index in [-0.39, 0.29) is 28.2 Å². The van der Waals surface area contributed by atoms with Crippen molar-refractivity contribution in [2.75, 3.05) is 43.5 Å². The molecule has 0 unspecified atom stereocenters. The van der Waals surface area contributed by atoms with Crippen LogP contribution in [0.2, 0.25) is 41.3 Å². The van der Waals surface area contributed by atoms with Crippen molar-refractivity contribution >= 4 is 57.5 Å². The number of nitrogens with one attached hydrogen (secondary N) is 2. The lowest BCUT2D eigenvalue weighted by Gasteiger charge is -2.37. The molecule has 3 amide bonds. The summed E-state index contributed by atoms with van der Waals surface area (Å²) in [7, 11) is -3.87. The lowest BCUT2D eigenvalue weighted by Crippen LogP contribution is -2.44. The fraction of sp³-hybridized carbons (Fsp3) is 0.510. The van der Waals surface area contributed by atoms with E-state index in [4.69, 9.17) is 30.2 Å².